The first-order valence-corrected chi connectivity index (χ1v) is 14.1. The van der Waals surface area contributed by atoms with Crippen LogP contribution in [0.3, 0.4) is 0 Å². The zero-order valence-corrected chi connectivity index (χ0v) is 21.5. The number of nitrogens with one attached hydrogen (secondary N) is 1. The summed E-state index contributed by atoms with van der Waals surface area (Å²) in [6.07, 6.45) is 11.8. The molecule has 0 aliphatic heterocycles. The average molecular weight is 513 g/mol. The van der Waals surface area contributed by atoms with Gasteiger partial charge in [0.2, 0.25) is 0 Å². The molecule has 0 amide bonds. The van der Waals surface area contributed by atoms with Gasteiger partial charge in [-0.3, -0.25) is 14.3 Å². The Morgan fingerprint density at radius 2 is 1.70 bits per heavy atom. The third-order valence-electron chi connectivity index (χ3n) is 7.15. The average Bonchev–Trinajstić information content (AvgIpc) is 3.77. The van der Waals surface area contributed by atoms with Crippen molar-refractivity contribution in [1.29, 1.82) is 0 Å². The number of thioether (sulfide) groups is 1. The lowest BCUT2D eigenvalue weighted by Crippen LogP contribution is -2.26. The highest BCUT2D eigenvalue weighted by molar-refractivity contribution is 7.99. The molecular weight excluding hydrogens is 484 g/mol. The van der Waals surface area contributed by atoms with Crippen molar-refractivity contribution >= 4 is 28.7 Å². The van der Waals surface area contributed by atoms with Crippen LogP contribution in [0.4, 0.5) is 5.82 Å². The highest BCUT2D eigenvalue weighted by atomic mass is 32.2. The quantitative estimate of drug-likeness (QED) is 0.314. The summed E-state index contributed by atoms with van der Waals surface area (Å²) in [5, 5.41) is 3.22. The molecule has 3 aliphatic carbocycles. The Bertz CT molecular complexity index is 1510. The summed E-state index contributed by atoms with van der Waals surface area (Å²) in [5.74, 6) is 2.83. The van der Waals surface area contributed by atoms with E-state index in [1.807, 2.05) is 16.8 Å². The third-order valence-corrected chi connectivity index (χ3v) is 8.01. The molecule has 9 nitrogen and oxygen atoms in total. The summed E-state index contributed by atoms with van der Waals surface area (Å²) in [5.41, 5.74) is 5.00. The van der Waals surface area contributed by atoms with E-state index >= 15 is 0 Å². The minimum atomic E-state index is -0.146. The number of fused-ring (bicyclic) bond motifs is 1. The number of nitrogens with zero attached hydrogens (tertiary/aromatic N) is 7. The Morgan fingerprint density at radius 3 is 2.32 bits per heavy atom. The van der Waals surface area contributed by atoms with E-state index < -0.39 is 0 Å². The smallest absolute Gasteiger partial charge is 0.295 e. The second-order valence-electron chi connectivity index (χ2n) is 10.1. The maximum Gasteiger partial charge on any atom is 0.295 e. The fourth-order valence-electron chi connectivity index (χ4n) is 4.83. The van der Waals surface area contributed by atoms with Crippen molar-refractivity contribution < 1.29 is 0 Å². The van der Waals surface area contributed by atoms with Crippen molar-refractivity contribution in [1.82, 2.24) is 34.5 Å². The molecule has 7 rings (SSSR count). The van der Waals surface area contributed by atoms with E-state index in [4.69, 9.17) is 9.97 Å². The van der Waals surface area contributed by atoms with Crippen molar-refractivity contribution in [3.63, 3.8) is 0 Å². The molecule has 4 aromatic heterocycles. The number of hydrogen-bond donors (Lipinski definition) is 1. The molecule has 0 spiro atoms. The van der Waals surface area contributed by atoms with Gasteiger partial charge in [-0.1, -0.05) is 6.92 Å². The fourth-order valence-corrected chi connectivity index (χ4v) is 5.45. The number of hydrogen-bond acceptors (Lipinski definition) is 9. The number of pyridine rings is 1. The molecule has 0 radical (unpaired) electrons. The second-order valence-corrected chi connectivity index (χ2v) is 11.4. The zero-order chi connectivity index (χ0) is 24.9. The van der Waals surface area contributed by atoms with Gasteiger partial charge in [0.1, 0.15) is 11.8 Å². The summed E-state index contributed by atoms with van der Waals surface area (Å²) >= 11 is 1.76. The normalized spacial score (nSPS) is 17.3. The van der Waals surface area contributed by atoms with Crippen molar-refractivity contribution in [2.75, 3.05) is 11.1 Å². The molecule has 4 heterocycles. The Morgan fingerprint density at radius 1 is 0.946 bits per heavy atom. The predicted molar refractivity (Wildman–Crippen MR) is 143 cm³/mol. The summed E-state index contributed by atoms with van der Waals surface area (Å²) in [6.45, 7) is 2.54. The van der Waals surface area contributed by atoms with Crippen molar-refractivity contribution in [2.24, 2.45) is 0 Å². The van der Waals surface area contributed by atoms with Crippen LogP contribution in [0.15, 0.2) is 40.5 Å². The standard InChI is InChI=1S/C27H28N8OS/c1-2-37-19-10-7-17(28-12-19)11-29-25-27(36)35(18-8-9-18)26-20(33-25)13-30-24(34-26)21-22(15-3-4-15)31-14-32-23(21)16-5-6-16/h7,10,12-16,18H,2-6,8-9,11H2,1H3,(H,29,33). The largest absolute Gasteiger partial charge is 0.360 e. The van der Waals surface area contributed by atoms with E-state index in [-0.39, 0.29) is 11.6 Å². The molecule has 0 atom stereocenters. The van der Waals surface area contributed by atoms with Gasteiger partial charge in [0.25, 0.3) is 5.56 Å². The van der Waals surface area contributed by atoms with Gasteiger partial charge < -0.3 is 5.32 Å². The van der Waals surface area contributed by atoms with Gasteiger partial charge in [-0.05, 0) is 56.4 Å². The predicted octanol–water partition coefficient (Wildman–Crippen LogP) is 4.85. The molecule has 0 saturated heterocycles. The Labute approximate surface area is 218 Å². The highest BCUT2D eigenvalue weighted by Crippen LogP contribution is 2.48. The van der Waals surface area contributed by atoms with Gasteiger partial charge in [-0.15, -0.1) is 11.8 Å². The molecule has 188 valence electrons. The van der Waals surface area contributed by atoms with E-state index in [2.05, 4.69) is 38.2 Å². The molecular formula is C27H28N8OS. The topological polar surface area (TPSA) is 111 Å². The molecule has 3 saturated carbocycles. The summed E-state index contributed by atoms with van der Waals surface area (Å²) in [4.78, 5) is 42.9. The van der Waals surface area contributed by atoms with E-state index in [0.29, 0.717) is 41.2 Å². The van der Waals surface area contributed by atoms with Crippen LogP contribution in [0.2, 0.25) is 0 Å². The molecule has 3 fully saturated rings. The van der Waals surface area contributed by atoms with Crippen LogP contribution in [-0.4, -0.2) is 40.2 Å². The Balaban J connectivity index is 1.27. The van der Waals surface area contributed by atoms with Crippen LogP contribution in [0.5, 0.6) is 0 Å². The van der Waals surface area contributed by atoms with E-state index in [9.17, 15) is 4.79 Å². The van der Waals surface area contributed by atoms with Crippen LogP contribution in [-0.2, 0) is 6.54 Å². The van der Waals surface area contributed by atoms with Gasteiger partial charge >= 0.3 is 0 Å². The van der Waals surface area contributed by atoms with Crippen LogP contribution >= 0.6 is 11.8 Å². The third kappa shape index (κ3) is 4.47. The Kier molecular flexibility index (Phi) is 5.64. The van der Waals surface area contributed by atoms with E-state index in [0.717, 1.165) is 71.8 Å². The van der Waals surface area contributed by atoms with Crippen LogP contribution in [0.1, 0.15) is 80.4 Å². The van der Waals surface area contributed by atoms with Crippen molar-refractivity contribution in [3.05, 3.63) is 58.3 Å². The molecule has 0 unspecified atom stereocenters. The van der Waals surface area contributed by atoms with Gasteiger partial charge in [0.05, 0.1) is 35.4 Å². The van der Waals surface area contributed by atoms with E-state index in [1.165, 1.54) is 0 Å². The van der Waals surface area contributed by atoms with Gasteiger partial charge in [-0.25, -0.2) is 24.9 Å². The first-order chi connectivity index (χ1) is 18.2. The molecule has 37 heavy (non-hydrogen) atoms. The summed E-state index contributed by atoms with van der Waals surface area (Å²) in [7, 11) is 0. The van der Waals surface area contributed by atoms with Crippen LogP contribution < -0.4 is 10.9 Å². The highest BCUT2D eigenvalue weighted by Gasteiger charge is 2.36. The second kappa shape index (κ2) is 9.16. The summed E-state index contributed by atoms with van der Waals surface area (Å²) in [6, 6.07) is 4.18. The van der Waals surface area contributed by atoms with Gasteiger partial charge in [0.15, 0.2) is 17.3 Å². The monoisotopic (exact) mass is 512 g/mol. The first kappa shape index (κ1) is 22.8. The number of anilines is 1. The molecule has 1 N–H and O–H groups in total. The lowest BCUT2D eigenvalue weighted by Gasteiger charge is -2.14. The fraction of sp³-hybridized carbons (Fsp3) is 0.444. The lowest BCUT2D eigenvalue weighted by molar-refractivity contribution is 0.723. The number of aromatic nitrogens is 7. The van der Waals surface area contributed by atoms with Gasteiger partial charge in [0, 0.05) is 29.0 Å². The Hall–Kier alpha value is -3.40. The van der Waals surface area contributed by atoms with Gasteiger partial charge in [-0.2, -0.15) is 0 Å². The van der Waals surface area contributed by atoms with Crippen molar-refractivity contribution in [3.8, 4) is 11.4 Å². The molecule has 0 aromatic carbocycles. The minimum Gasteiger partial charge on any atom is -0.360 e. The van der Waals surface area contributed by atoms with Crippen LogP contribution in [0, 0.1) is 0 Å². The molecule has 4 aromatic rings. The van der Waals surface area contributed by atoms with Crippen molar-refractivity contribution in [2.45, 2.75) is 74.8 Å². The SMILES string of the molecule is CCSc1ccc(CNc2nc3cnc(-c4c(C5CC5)ncnc4C4CC4)nc3n(C3CC3)c2=O)nc1. The molecule has 0 bridgehead atoms. The van der Waals surface area contributed by atoms with E-state index in [1.54, 1.807) is 24.3 Å². The maximum absolute atomic E-state index is 13.6. The number of rotatable bonds is 9. The molecule has 3 aliphatic rings. The lowest BCUT2D eigenvalue weighted by atomic mass is 10.0. The minimum absolute atomic E-state index is 0.141. The maximum atomic E-state index is 13.6. The summed E-state index contributed by atoms with van der Waals surface area (Å²) < 4.78 is 1.81. The molecule has 10 heteroatoms. The first-order valence-electron chi connectivity index (χ1n) is 13.2. The van der Waals surface area contributed by atoms with Crippen LogP contribution in [0.25, 0.3) is 22.6 Å². The zero-order valence-electron chi connectivity index (χ0n) is 20.7.